The molecular formula is C43H26F2N2. The molecule has 0 fully saturated rings. The average Bonchev–Trinajstić information content (AvgIpc) is 3.32. The van der Waals surface area contributed by atoms with Crippen LogP contribution in [-0.4, -0.2) is 9.97 Å². The Kier molecular flexibility index (Phi) is 6.12. The van der Waals surface area contributed by atoms with Crippen LogP contribution in [-0.2, 0) is 5.41 Å². The van der Waals surface area contributed by atoms with E-state index < -0.39 is 5.41 Å². The van der Waals surface area contributed by atoms with Crippen LogP contribution in [0, 0.1) is 11.6 Å². The summed E-state index contributed by atoms with van der Waals surface area (Å²) in [5.74, 6) is -0.0922. The van der Waals surface area contributed by atoms with Gasteiger partial charge >= 0.3 is 0 Å². The highest BCUT2D eigenvalue weighted by Crippen LogP contribution is 2.58. The van der Waals surface area contributed by atoms with Gasteiger partial charge in [0, 0.05) is 16.7 Å². The zero-order chi connectivity index (χ0) is 31.5. The molecule has 0 saturated carbocycles. The number of hydrogen-bond donors (Lipinski definition) is 0. The van der Waals surface area contributed by atoms with Gasteiger partial charge in [-0.1, -0.05) is 97.1 Å². The Labute approximate surface area is 271 Å². The first-order valence-electron chi connectivity index (χ1n) is 15.6. The van der Waals surface area contributed by atoms with E-state index >= 15 is 0 Å². The minimum absolute atomic E-state index is 0.315. The van der Waals surface area contributed by atoms with Gasteiger partial charge in [-0.3, -0.25) is 0 Å². The van der Waals surface area contributed by atoms with Crippen molar-refractivity contribution in [1.82, 2.24) is 9.97 Å². The van der Waals surface area contributed by atoms with Crippen molar-refractivity contribution < 1.29 is 8.78 Å². The van der Waals surface area contributed by atoms with E-state index in [1.54, 1.807) is 24.3 Å². The van der Waals surface area contributed by atoms with Crippen LogP contribution in [0.1, 0.15) is 33.4 Å². The van der Waals surface area contributed by atoms with E-state index in [1.807, 2.05) is 6.07 Å². The first kappa shape index (κ1) is 27.3. The fraction of sp³-hybridized carbons (Fsp3) is 0.0233. The molecule has 222 valence electrons. The molecule has 47 heavy (non-hydrogen) atoms. The standard InChI is InChI=1S/C43H26F2N2/c44-32-20-15-29(16-21-32)40-26-41(30-17-22-33(45)23-18-30)47-42(46-40)31-19-24-39-35(25-31)34-9-3-6-12-38(34)43(39)36-10-4-1-7-27(36)13-14-28-8-2-5-11-37(28)43/h1-26H. The summed E-state index contributed by atoms with van der Waals surface area (Å²) in [5, 5.41) is 0. The van der Waals surface area contributed by atoms with Gasteiger partial charge in [-0.05, 0) is 105 Å². The summed E-state index contributed by atoms with van der Waals surface area (Å²) in [6.07, 6.45) is 4.45. The number of nitrogens with zero attached hydrogens (tertiary/aromatic N) is 2. The Morgan fingerprint density at radius 1 is 0.404 bits per heavy atom. The normalized spacial score (nSPS) is 13.4. The lowest BCUT2D eigenvalue weighted by Crippen LogP contribution is -2.29. The van der Waals surface area contributed by atoms with Gasteiger partial charge in [0.1, 0.15) is 11.6 Å². The Balaban J connectivity index is 1.30. The lowest BCUT2D eigenvalue weighted by atomic mass is 9.66. The largest absolute Gasteiger partial charge is 0.228 e. The molecule has 4 heteroatoms. The summed E-state index contributed by atoms with van der Waals surface area (Å²) in [6, 6.07) is 47.0. The maximum absolute atomic E-state index is 13.9. The van der Waals surface area contributed by atoms with Gasteiger partial charge in [0.15, 0.2) is 5.82 Å². The Morgan fingerprint density at radius 2 is 0.872 bits per heavy atom. The SMILES string of the molecule is Fc1ccc(-c2cc(-c3ccc(F)cc3)nc(-c3ccc4c(c3)-c3ccccc3C43c4ccccc4C=Cc4ccccc43)n2)cc1. The van der Waals surface area contributed by atoms with Crippen LogP contribution in [0.4, 0.5) is 8.78 Å². The van der Waals surface area contributed by atoms with E-state index in [-0.39, 0.29) is 11.6 Å². The fourth-order valence-corrected chi connectivity index (χ4v) is 7.41. The summed E-state index contributed by atoms with van der Waals surface area (Å²) < 4.78 is 27.7. The van der Waals surface area contributed by atoms with E-state index in [0.29, 0.717) is 17.2 Å². The third-order valence-corrected chi connectivity index (χ3v) is 9.48. The van der Waals surface area contributed by atoms with Gasteiger partial charge in [-0.15, -0.1) is 0 Å². The minimum Gasteiger partial charge on any atom is -0.228 e. The molecule has 7 aromatic rings. The van der Waals surface area contributed by atoms with Crippen molar-refractivity contribution in [3.8, 4) is 45.0 Å². The molecule has 9 rings (SSSR count). The quantitative estimate of drug-likeness (QED) is 0.199. The molecule has 0 aliphatic heterocycles. The topological polar surface area (TPSA) is 25.8 Å². The maximum Gasteiger partial charge on any atom is 0.160 e. The predicted molar refractivity (Wildman–Crippen MR) is 184 cm³/mol. The van der Waals surface area contributed by atoms with Crippen molar-refractivity contribution in [2.24, 2.45) is 0 Å². The highest BCUT2D eigenvalue weighted by Gasteiger charge is 2.48. The number of aromatic nitrogens is 2. The molecule has 0 radical (unpaired) electrons. The van der Waals surface area contributed by atoms with Crippen molar-refractivity contribution in [3.05, 3.63) is 191 Å². The molecular weight excluding hydrogens is 582 g/mol. The zero-order valence-corrected chi connectivity index (χ0v) is 25.2. The number of hydrogen-bond acceptors (Lipinski definition) is 2. The fourth-order valence-electron chi connectivity index (χ4n) is 7.41. The molecule has 0 amide bonds. The van der Waals surface area contributed by atoms with Crippen LogP contribution in [0.25, 0.3) is 57.2 Å². The third kappa shape index (κ3) is 4.22. The molecule has 1 heterocycles. The van der Waals surface area contributed by atoms with Crippen LogP contribution in [0.2, 0.25) is 0 Å². The molecule has 0 N–H and O–H groups in total. The van der Waals surface area contributed by atoms with Crippen LogP contribution in [0.5, 0.6) is 0 Å². The molecule has 0 unspecified atom stereocenters. The summed E-state index contributed by atoms with van der Waals surface area (Å²) in [4.78, 5) is 10.0. The second-order valence-electron chi connectivity index (χ2n) is 12.0. The van der Waals surface area contributed by atoms with Gasteiger partial charge < -0.3 is 0 Å². The summed E-state index contributed by atoms with van der Waals surface area (Å²) >= 11 is 0. The predicted octanol–water partition coefficient (Wildman–Crippen LogP) is 10.6. The first-order chi connectivity index (χ1) is 23.1. The molecule has 6 aromatic carbocycles. The highest BCUT2D eigenvalue weighted by atomic mass is 19.1. The minimum atomic E-state index is -0.517. The lowest BCUT2D eigenvalue weighted by molar-refractivity contribution is 0.627. The van der Waals surface area contributed by atoms with Crippen LogP contribution in [0.15, 0.2) is 146 Å². The van der Waals surface area contributed by atoms with Gasteiger partial charge in [0.05, 0.1) is 16.8 Å². The van der Waals surface area contributed by atoms with Crippen molar-refractivity contribution in [3.63, 3.8) is 0 Å². The van der Waals surface area contributed by atoms with Gasteiger partial charge in [-0.25, -0.2) is 18.7 Å². The Hall–Kier alpha value is -6.00. The van der Waals surface area contributed by atoms with E-state index in [4.69, 9.17) is 9.97 Å². The summed E-state index contributed by atoms with van der Waals surface area (Å²) in [6.45, 7) is 0. The maximum atomic E-state index is 13.9. The number of halogens is 2. The highest BCUT2D eigenvalue weighted by molar-refractivity contribution is 5.92. The van der Waals surface area contributed by atoms with Gasteiger partial charge in [0.25, 0.3) is 0 Å². The Morgan fingerprint density at radius 3 is 1.45 bits per heavy atom. The monoisotopic (exact) mass is 608 g/mol. The molecule has 1 aromatic heterocycles. The number of rotatable bonds is 3. The lowest BCUT2D eigenvalue weighted by Gasteiger charge is -2.35. The van der Waals surface area contributed by atoms with E-state index in [0.717, 1.165) is 22.3 Å². The van der Waals surface area contributed by atoms with Crippen molar-refractivity contribution >= 4 is 12.2 Å². The van der Waals surface area contributed by atoms with Crippen molar-refractivity contribution in [1.29, 1.82) is 0 Å². The van der Waals surface area contributed by atoms with Crippen LogP contribution >= 0.6 is 0 Å². The van der Waals surface area contributed by atoms with Gasteiger partial charge in [-0.2, -0.15) is 0 Å². The summed E-state index contributed by atoms with van der Waals surface area (Å²) in [7, 11) is 0. The molecule has 2 aliphatic carbocycles. The number of fused-ring (bicyclic) bond motifs is 9. The molecule has 0 bridgehead atoms. The molecule has 2 nitrogen and oxygen atoms in total. The van der Waals surface area contributed by atoms with E-state index in [2.05, 4.69) is 103 Å². The van der Waals surface area contributed by atoms with Crippen molar-refractivity contribution in [2.45, 2.75) is 5.41 Å². The van der Waals surface area contributed by atoms with Crippen LogP contribution in [0.3, 0.4) is 0 Å². The third-order valence-electron chi connectivity index (χ3n) is 9.48. The molecule has 0 saturated heterocycles. The first-order valence-corrected chi connectivity index (χ1v) is 15.6. The van der Waals surface area contributed by atoms with Gasteiger partial charge in [0.2, 0.25) is 0 Å². The molecule has 0 atom stereocenters. The van der Waals surface area contributed by atoms with E-state index in [9.17, 15) is 8.78 Å². The van der Waals surface area contributed by atoms with E-state index in [1.165, 1.54) is 63.2 Å². The second-order valence-corrected chi connectivity index (χ2v) is 12.0. The summed E-state index contributed by atoms with van der Waals surface area (Å²) in [5.41, 5.74) is 12.8. The Bertz CT molecular complexity index is 2260. The molecule has 1 spiro atoms. The smallest absolute Gasteiger partial charge is 0.160 e. The van der Waals surface area contributed by atoms with Crippen molar-refractivity contribution in [2.75, 3.05) is 0 Å². The van der Waals surface area contributed by atoms with Crippen LogP contribution < -0.4 is 0 Å². The average molecular weight is 609 g/mol. The molecule has 2 aliphatic rings. The zero-order valence-electron chi connectivity index (χ0n) is 25.2. The second kappa shape index (κ2) is 10.5. The number of benzene rings is 6.